The average molecular weight is 224 g/mol. The SMILES string of the molecule is CCCN(C1CC1)C(C)C(C)CNC1CC1. The van der Waals surface area contributed by atoms with Gasteiger partial charge in [-0.25, -0.2) is 0 Å². The van der Waals surface area contributed by atoms with Crippen molar-refractivity contribution in [2.45, 2.75) is 71.0 Å². The molecule has 2 aliphatic carbocycles. The molecule has 0 heterocycles. The lowest BCUT2D eigenvalue weighted by atomic mass is 10.0. The standard InChI is InChI=1S/C14H28N2/c1-4-9-16(14-7-8-14)12(3)11(2)10-15-13-5-6-13/h11-15H,4-10H2,1-3H3. The Morgan fingerprint density at radius 1 is 1.19 bits per heavy atom. The van der Waals surface area contributed by atoms with Gasteiger partial charge in [-0.3, -0.25) is 4.90 Å². The molecular formula is C14H28N2. The maximum absolute atomic E-state index is 3.67. The molecule has 0 radical (unpaired) electrons. The van der Waals surface area contributed by atoms with E-state index < -0.39 is 0 Å². The summed E-state index contributed by atoms with van der Waals surface area (Å²) in [5.41, 5.74) is 0. The molecule has 2 aliphatic rings. The van der Waals surface area contributed by atoms with Crippen LogP contribution in [-0.2, 0) is 0 Å². The molecule has 2 atom stereocenters. The van der Waals surface area contributed by atoms with Gasteiger partial charge in [0.15, 0.2) is 0 Å². The van der Waals surface area contributed by atoms with Crippen molar-refractivity contribution >= 4 is 0 Å². The first-order valence-electron chi connectivity index (χ1n) is 7.21. The second-order valence-corrected chi connectivity index (χ2v) is 5.87. The Labute approximate surface area is 101 Å². The quantitative estimate of drug-likeness (QED) is 0.682. The first-order chi connectivity index (χ1) is 7.72. The molecule has 0 aromatic carbocycles. The molecule has 0 saturated heterocycles. The van der Waals surface area contributed by atoms with E-state index in [1.807, 2.05) is 0 Å². The van der Waals surface area contributed by atoms with E-state index in [0.717, 1.165) is 24.0 Å². The summed E-state index contributed by atoms with van der Waals surface area (Å²) in [6.07, 6.45) is 6.98. The van der Waals surface area contributed by atoms with Gasteiger partial charge in [0.05, 0.1) is 0 Å². The third kappa shape index (κ3) is 3.46. The second-order valence-electron chi connectivity index (χ2n) is 5.87. The van der Waals surface area contributed by atoms with E-state index in [2.05, 4.69) is 31.0 Å². The van der Waals surface area contributed by atoms with E-state index in [-0.39, 0.29) is 0 Å². The number of nitrogens with zero attached hydrogens (tertiary/aromatic N) is 1. The minimum atomic E-state index is 0.749. The smallest absolute Gasteiger partial charge is 0.0108 e. The van der Waals surface area contributed by atoms with Gasteiger partial charge >= 0.3 is 0 Å². The first kappa shape index (κ1) is 12.4. The Bertz CT molecular complexity index is 209. The van der Waals surface area contributed by atoms with Crippen LogP contribution in [0.15, 0.2) is 0 Å². The zero-order valence-electron chi connectivity index (χ0n) is 11.2. The summed E-state index contributed by atoms with van der Waals surface area (Å²) in [6.45, 7) is 9.63. The molecule has 0 spiro atoms. The van der Waals surface area contributed by atoms with Crippen molar-refractivity contribution in [3.05, 3.63) is 0 Å². The zero-order valence-corrected chi connectivity index (χ0v) is 11.2. The fourth-order valence-corrected chi connectivity index (χ4v) is 2.52. The molecule has 2 nitrogen and oxygen atoms in total. The molecule has 0 aromatic rings. The van der Waals surface area contributed by atoms with Crippen LogP contribution in [0.4, 0.5) is 0 Å². The molecule has 0 amide bonds. The zero-order chi connectivity index (χ0) is 11.5. The minimum Gasteiger partial charge on any atom is -0.314 e. The van der Waals surface area contributed by atoms with Gasteiger partial charge in [-0.1, -0.05) is 13.8 Å². The Balaban J connectivity index is 1.74. The molecule has 2 unspecified atom stereocenters. The number of nitrogens with one attached hydrogen (secondary N) is 1. The highest BCUT2D eigenvalue weighted by Gasteiger charge is 2.33. The second kappa shape index (κ2) is 5.50. The lowest BCUT2D eigenvalue weighted by molar-refractivity contribution is 0.150. The molecule has 2 fully saturated rings. The first-order valence-corrected chi connectivity index (χ1v) is 7.21. The van der Waals surface area contributed by atoms with Crippen LogP contribution in [0.3, 0.4) is 0 Å². The summed E-state index contributed by atoms with van der Waals surface area (Å²) in [4.78, 5) is 2.75. The maximum Gasteiger partial charge on any atom is 0.0108 e. The highest BCUT2D eigenvalue weighted by atomic mass is 15.2. The minimum absolute atomic E-state index is 0.749. The monoisotopic (exact) mass is 224 g/mol. The molecule has 0 aromatic heterocycles. The van der Waals surface area contributed by atoms with Gasteiger partial charge in [-0.15, -0.1) is 0 Å². The Morgan fingerprint density at radius 2 is 1.88 bits per heavy atom. The van der Waals surface area contributed by atoms with Crippen LogP contribution >= 0.6 is 0 Å². The van der Waals surface area contributed by atoms with Crippen molar-refractivity contribution in [3.8, 4) is 0 Å². The van der Waals surface area contributed by atoms with Gasteiger partial charge in [0, 0.05) is 18.1 Å². The molecule has 1 N–H and O–H groups in total. The van der Waals surface area contributed by atoms with E-state index in [0.29, 0.717) is 0 Å². The summed E-state index contributed by atoms with van der Waals surface area (Å²) in [7, 11) is 0. The topological polar surface area (TPSA) is 15.3 Å². The number of hydrogen-bond donors (Lipinski definition) is 1. The van der Waals surface area contributed by atoms with E-state index in [1.165, 1.54) is 45.2 Å². The summed E-state index contributed by atoms with van der Waals surface area (Å²) in [6, 6.07) is 2.52. The fraction of sp³-hybridized carbons (Fsp3) is 1.00. The van der Waals surface area contributed by atoms with Crippen LogP contribution in [0, 0.1) is 5.92 Å². The van der Waals surface area contributed by atoms with Gasteiger partial charge in [0.1, 0.15) is 0 Å². The summed E-state index contributed by atoms with van der Waals surface area (Å²) >= 11 is 0. The van der Waals surface area contributed by atoms with Crippen molar-refractivity contribution in [3.63, 3.8) is 0 Å². The predicted octanol–water partition coefficient (Wildman–Crippen LogP) is 2.64. The molecule has 2 heteroatoms. The molecule has 94 valence electrons. The van der Waals surface area contributed by atoms with E-state index >= 15 is 0 Å². The average Bonchev–Trinajstić information content (AvgIpc) is 3.15. The van der Waals surface area contributed by atoms with Crippen molar-refractivity contribution in [2.24, 2.45) is 5.92 Å². The van der Waals surface area contributed by atoms with Gasteiger partial charge in [0.2, 0.25) is 0 Å². The Morgan fingerprint density at radius 3 is 2.38 bits per heavy atom. The van der Waals surface area contributed by atoms with Gasteiger partial charge in [-0.05, 0) is 58.0 Å². The van der Waals surface area contributed by atoms with Crippen LogP contribution in [0.25, 0.3) is 0 Å². The van der Waals surface area contributed by atoms with Crippen LogP contribution in [0.2, 0.25) is 0 Å². The molecule has 2 saturated carbocycles. The van der Waals surface area contributed by atoms with Crippen LogP contribution in [0.1, 0.15) is 52.9 Å². The largest absolute Gasteiger partial charge is 0.314 e. The third-order valence-corrected chi connectivity index (χ3v) is 4.15. The van der Waals surface area contributed by atoms with Gasteiger partial charge in [0.25, 0.3) is 0 Å². The van der Waals surface area contributed by atoms with Crippen LogP contribution < -0.4 is 5.32 Å². The third-order valence-electron chi connectivity index (χ3n) is 4.15. The number of rotatable bonds is 8. The van der Waals surface area contributed by atoms with E-state index in [9.17, 15) is 0 Å². The lowest BCUT2D eigenvalue weighted by Crippen LogP contribution is -2.43. The molecule has 0 bridgehead atoms. The van der Waals surface area contributed by atoms with Crippen molar-refractivity contribution < 1.29 is 0 Å². The van der Waals surface area contributed by atoms with Crippen molar-refractivity contribution in [1.82, 2.24) is 10.2 Å². The Kier molecular flexibility index (Phi) is 4.26. The molecule has 16 heavy (non-hydrogen) atoms. The van der Waals surface area contributed by atoms with Crippen LogP contribution in [-0.4, -0.2) is 36.1 Å². The Hall–Kier alpha value is -0.0800. The van der Waals surface area contributed by atoms with Gasteiger partial charge < -0.3 is 5.32 Å². The van der Waals surface area contributed by atoms with Crippen molar-refractivity contribution in [1.29, 1.82) is 0 Å². The molecule has 0 aliphatic heterocycles. The fourth-order valence-electron chi connectivity index (χ4n) is 2.52. The summed E-state index contributed by atoms with van der Waals surface area (Å²) in [5.74, 6) is 0.785. The highest BCUT2D eigenvalue weighted by molar-refractivity contribution is 4.90. The predicted molar refractivity (Wildman–Crippen MR) is 69.7 cm³/mol. The maximum atomic E-state index is 3.67. The van der Waals surface area contributed by atoms with E-state index in [4.69, 9.17) is 0 Å². The summed E-state index contributed by atoms with van der Waals surface area (Å²) < 4.78 is 0. The summed E-state index contributed by atoms with van der Waals surface area (Å²) in [5, 5.41) is 3.67. The number of hydrogen-bond acceptors (Lipinski definition) is 2. The molecule has 2 rings (SSSR count). The molecular weight excluding hydrogens is 196 g/mol. The van der Waals surface area contributed by atoms with Crippen molar-refractivity contribution in [2.75, 3.05) is 13.1 Å². The van der Waals surface area contributed by atoms with Crippen LogP contribution in [0.5, 0.6) is 0 Å². The lowest BCUT2D eigenvalue weighted by Gasteiger charge is -2.33. The normalized spacial score (nSPS) is 24.8. The van der Waals surface area contributed by atoms with Gasteiger partial charge in [-0.2, -0.15) is 0 Å². The van der Waals surface area contributed by atoms with E-state index in [1.54, 1.807) is 0 Å². The highest BCUT2D eigenvalue weighted by Crippen LogP contribution is 2.30.